The van der Waals surface area contributed by atoms with Crippen LogP contribution in [0.1, 0.15) is 32.1 Å². The molecule has 3 saturated heterocycles. The minimum Gasteiger partial charge on any atom is -0.462 e. The van der Waals surface area contributed by atoms with Crippen LogP contribution >= 0.6 is 0 Å². The Morgan fingerprint density at radius 1 is 1.05 bits per heavy atom. The lowest BCUT2D eigenvalue weighted by molar-refractivity contribution is -0.152. The number of piperidine rings is 1. The fourth-order valence-electron chi connectivity index (χ4n) is 4.02. The minimum atomic E-state index is 0.00267. The lowest BCUT2D eigenvalue weighted by Crippen LogP contribution is -2.45. The van der Waals surface area contributed by atoms with Gasteiger partial charge in [-0.3, -0.25) is 4.79 Å². The van der Waals surface area contributed by atoms with Crippen LogP contribution in [0.2, 0.25) is 0 Å². The third-order valence-electron chi connectivity index (χ3n) is 5.58. The van der Waals surface area contributed by atoms with E-state index in [1.54, 1.807) is 0 Å². The quantitative estimate of drug-likeness (QED) is 0.717. The number of rotatable bonds is 4. The van der Waals surface area contributed by atoms with Crippen molar-refractivity contribution in [3.8, 4) is 0 Å². The number of esters is 1. The van der Waals surface area contributed by atoms with Crippen LogP contribution in [-0.4, -0.2) is 85.7 Å². The van der Waals surface area contributed by atoms with Gasteiger partial charge in [-0.2, -0.15) is 0 Å². The van der Waals surface area contributed by atoms with Crippen LogP contribution in [0, 0.1) is 0 Å². The molecule has 0 spiro atoms. The first kappa shape index (κ1) is 15.3. The molecule has 0 aliphatic carbocycles. The molecule has 5 nitrogen and oxygen atoms in total. The monoisotopic (exact) mass is 295 g/mol. The van der Waals surface area contributed by atoms with Crippen molar-refractivity contribution in [3.63, 3.8) is 0 Å². The molecule has 0 amide bonds. The van der Waals surface area contributed by atoms with E-state index in [-0.39, 0.29) is 12.1 Å². The first-order chi connectivity index (χ1) is 10.1. The fourth-order valence-corrected chi connectivity index (χ4v) is 4.02. The van der Waals surface area contributed by atoms with Crippen molar-refractivity contribution >= 4 is 5.97 Å². The summed E-state index contributed by atoms with van der Waals surface area (Å²) < 4.78 is 5.73. The molecule has 3 atom stereocenters. The Balaban J connectivity index is 1.37. The fraction of sp³-hybridized carbons (Fsp3) is 0.938. The van der Waals surface area contributed by atoms with Crippen LogP contribution in [0.15, 0.2) is 0 Å². The Labute approximate surface area is 128 Å². The summed E-state index contributed by atoms with van der Waals surface area (Å²) in [5.41, 5.74) is 0. The number of hydrogen-bond acceptors (Lipinski definition) is 5. The summed E-state index contributed by atoms with van der Waals surface area (Å²) in [5.74, 6) is 0.00267. The highest BCUT2D eigenvalue weighted by atomic mass is 16.5. The van der Waals surface area contributed by atoms with Crippen LogP contribution < -0.4 is 0 Å². The number of hydrogen-bond donors (Lipinski definition) is 0. The maximum absolute atomic E-state index is 12.1. The zero-order valence-electron chi connectivity index (χ0n) is 13.5. The Hall–Kier alpha value is -0.650. The minimum absolute atomic E-state index is 0.00267. The molecule has 120 valence electrons. The largest absolute Gasteiger partial charge is 0.462 e. The summed E-state index contributed by atoms with van der Waals surface area (Å²) in [6, 6.07) is 1.28. The second kappa shape index (κ2) is 6.63. The van der Waals surface area contributed by atoms with Crippen LogP contribution in [0.5, 0.6) is 0 Å². The molecule has 0 aromatic heterocycles. The van der Waals surface area contributed by atoms with Crippen LogP contribution in [0.4, 0.5) is 0 Å². The zero-order chi connectivity index (χ0) is 14.8. The second-order valence-corrected chi connectivity index (χ2v) is 7.03. The van der Waals surface area contributed by atoms with Gasteiger partial charge in [0.1, 0.15) is 6.10 Å². The molecule has 0 aromatic rings. The third kappa shape index (κ3) is 3.76. The normalized spacial score (nSPS) is 35.0. The summed E-state index contributed by atoms with van der Waals surface area (Å²) in [4.78, 5) is 19.3. The van der Waals surface area contributed by atoms with Crippen molar-refractivity contribution in [2.24, 2.45) is 0 Å². The SMILES string of the molecule is CN1CCN(CCC(=O)OC2C[C@H]3CC[C@@H](C2)N3C)CC1. The molecule has 3 aliphatic rings. The van der Waals surface area contributed by atoms with Gasteiger partial charge in [0.2, 0.25) is 0 Å². The molecule has 1 unspecified atom stereocenters. The number of carbonyl (C=O) groups is 1. The average Bonchev–Trinajstić information content (AvgIpc) is 2.69. The maximum atomic E-state index is 12.1. The molecule has 3 heterocycles. The highest BCUT2D eigenvalue weighted by molar-refractivity contribution is 5.69. The van der Waals surface area contributed by atoms with Gasteiger partial charge in [-0.15, -0.1) is 0 Å². The maximum Gasteiger partial charge on any atom is 0.307 e. The van der Waals surface area contributed by atoms with E-state index >= 15 is 0 Å². The second-order valence-electron chi connectivity index (χ2n) is 7.03. The standard InChI is InChI=1S/C16H29N3O2/c1-17-7-9-19(10-8-17)6-5-16(20)21-15-11-13-3-4-14(12-15)18(13)2/h13-15H,3-12H2,1-2H3/t13-,14+,15?. The Bertz CT molecular complexity index is 355. The molecule has 0 saturated carbocycles. The summed E-state index contributed by atoms with van der Waals surface area (Å²) in [7, 11) is 4.37. The van der Waals surface area contributed by atoms with E-state index in [2.05, 4.69) is 28.8 Å². The van der Waals surface area contributed by atoms with Gasteiger partial charge in [-0.25, -0.2) is 0 Å². The smallest absolute Gasteiger partial charge is 0.307 e. The molecule has 0 radical (unpaired) electrons. The van der Waals surface area contributed by atoms with E-state index in [9.17, 15) is 4.79 Å². The number of piperazine rings is 1. The molecule has 3 fully saturated rings. The van der Waals surface area contributed by atoms with Gasteiger partial charge in [0.15, 0.2) is 0 Å². The van der Waals surface area contributed by atoms with Crippen molar-refractivity contribution in [2.45, 2.75) is 50.3 Å². The third-order valence-corrected chi connectivity index (χ3v) is 5.58. The van der Waals surface area contributed by atoms with Crippen LogP contribution in [0.3, 0.4) is 0 Å². The lowest BCUT2D eigenvalue weighted by Gasteiger charge is -2.36. The highest BCUT2D eigenvalue weighted by Gasteiger charge is 2.39. The van der Waals surface area contributed by atoms with E-state index in [0.717, 1.165) is 45.6 Å². The summed E-state index contributed by atoms with van der Waals surface area (Å²) in [5, 5.41) is 0. The van der Waals surface area contributed by atoms with Gasteiger partial charge in [0.05, 0.1) is 6.42 Å². The van der Waals surface area contributed by atoms with E-state index < -0.39 is 0 Å². The van der Waals surface area contributed by atoms with E-state index in [4.69, 9.17) is 4.74 Å². The van der Waals surface area contributed by atoms with Crippen LogP contribution in [0.25, 0.3) is 0 Å². The van der Waals surface area contributed by atoms with Crippen molar-refractivity contribution in [1.29, 1.82) is 0 Å². The molecule has 3 aliphatic heterocycles. The summed E-state index contributed by atoms with van der Waals surface area (Å²) >= 11 is 0. The number of fused-ring (bicyclic) bond motifs is 2. The van der Waals surface area contributed by atoms with E-state index in [1.165, 1.54) is 12.8 Å². The number of nitrogens with zero attached hydrogens (tertiary/aromatic N) is 3. The molecule has 3 rings (SSSR count). The Morgan fingerprint density at radius 3 is 2.29 bits per heavy atom. The van der Waals surface area contributed by atoms with Gasteiger partial charge in [-0.05, 0) is 39.8 Å². The van der Waals surface area contributed by atoms with E-state index in [0.29, 0.717) is 18.5 Å². The van der Waals surface area contributed by atoms with Crippen molar-refractivity contribution in [1.82, 2.24) is 14.7 Å². The first-order valence-corrected chi connectivity index (χ1v) is 8.44. The predicted octanol–water partition coefficient (Wildman–Crippen LogP) is 0.792. The Kier molecular flexibility index (Phi) is 4.82. The average molecular weight is 295 g/mol. The molecular weight excluding hydrogens is 266 g/mol. The predicted molar refractivity (Wildman–Crippen MR) is 82.2 cm³/mol. The number of ether oxygens (including phenoxy) is 1. The molecule has 0 aromatic carbocycles. The molecule has 2 bridgehead atoms. The topological polar surface area (TPSA) is 36.0 Å². The van der Waals surface area contributed by atoms with Gasteiger partial charge >= 0.3 is 5.97 Å². The van der Waals surface area contributed by atoms with Gasteiger partial charge in [-0.1, -0.05) is 0 Å². The Morgan fingerprint density at radius 2 is 1.67 bits per heavy atom. The number of carbonyl (C=O) groups excluding carboxylic acids is 1. The highest BCUT2D eigenvalue weighted by Crippen LogP contribution is 2.35. The molecule has 5 heteroatoms. The first-order valence-electron chi connectivity index (χ1n) is 8.44. The summed E-state index contributed by atoms with van der Waals surface area (Å²) in [6.07, 6.45) is 5.33. The molecule has 0 N–H and O–H groups in total. The van der Waals surface area contributed by atoms with Crippen molar-refractivity contribution < 1.29 is 9.53 Å². The van der Waals surface area contributed by atoms with Crippen LogP contribution in [-0.2, 0) is 9.53 Å². The number of likely N-dealkylation sites (N-methyl/N-ethyl adjacent to an activating group) is 1. The van der Waals surface area contributed by atoms with Gasteiger partial charge in [0, 0.05) is 44.8 Å². The van der Waals surface area contributed by atoms with Gasteiger partial charge < -0.3 is 19.4 Å². The zero-order valence-corrected chi connectivity index (χ0v) is 13.5. The van der Waals surface area contributed by atoms with Crippen molar-refractivity contribution in [2.75, 3.05) is 46.8 Å². The van der Waals surface area contributed by atoms with Crippen molar-refractivity contribution in [3.05, 3.63) is 0 Å². The van der Waals surface area contributed by atoms with E-state index in [1.807, 2.05) is 0 Å². The molecular formula is C16H29N3O2. The lowest BCUT2D eigenvalue weighted by atomic mass is 10.0. The van der Waals surface area contributed by atoms with Gasteiger partial charge in [0.25, 0.3) is 0 Å². The molecule has 21 heavy (non-hydrogen) atoms. The summed E-state index contributed by atoms with van der Waals surface area (Å²) in [6.45, 7) is 5.21.